The average Bonchev–Trinajstić information content (AvgIpc) is 0.768. The number of nitrogens with one attached hydrogen (secondary N) is 1. The smallest absolute Gasteiger partial charge is 0.338 e. The van der Waals surface area contributed by atoms with E-state index in [1.807, 2.05) is 0 Å². The Hall–Kier alpha value is -13.8. The second-order valence-corrected chi connectivity index (χ2v) is 36.8. The van der Waals surface area contributed by atoms with Gasteiger partial charge < -0.3 is 71.6 Å². The van der Waals surface area contributed by atoms with Crippen LogP contribution in [-0.2, 0) is 71.1 Å². The highest BCUT2D eigenvalue weighted by Gasteiger charge is 2.58. The topological polar surface area (TPSA) is 329 Å². The van der Waals surface area contributed by atoms with Gasteiger partial charge in [0.15, 0.2) is 61.4 Å². The molecule has 1 N–H and O–H groups in total. The number of benzene rings is 10. The van der Waals surface area contributed by atoms with E-state index in [0.29, 0.717) is 25.7 Å². The summed E-state index contributed by atoms with van der Waals surface area (Å²) in [6, 6.07) is 76.5. The first-order valence-electron chi connectivity index (χ1n) is 51.9. The molecule has 772 valence electrons. The molecule has 26 heteroatoms. The van der Waals surface area contributed by atoms with Crippen molar-refractivity contribution in [2.45, 2.75) is 292 Å². The lowest BCUT2D eigenvalue weighted by molar-refractivity contribution is -0.329. The van der Waals surface area contributed by atoms with E-state index in [1.165, 1.54) is 168 Å². The van der Waals surface area contributed by atoms with E-state index in [9.17, 15) is 14.4 Å². The molecule has 2 aliphatic heterocycles. The molecule has 0 spiro atoms. The number of carbonyl (C=O) groups is 11. The quantitative estimate of drug-likeness (QED) is 0.0210. The molecule has 146 heavy (non-hydrogen) atoms. The largest absolute Gasteiger partial charge is 0.459 e. The zero-order valence-electron chi connectivity index (χ0n) is 83.5. The second-order valence-electron chi connectivity index (χ2n) is 36.8. The van der Waals surface area contributed by atoms with E-state index in [4.69, 9.17) is 66.3 Å². The Labute approximate surface area is 856 Å². The molecule has 2 saturated heterocycles. The van der Waals surface area contributed by atoms with Gasteiger partial charge in [0.2, 0.25) is 0 Å². The molecule has 0 saturated carbocycles. The molecule has 12 rings (SSSR count). The molecule has 14 atom stereocenters. The highest BCUT2D eigenvalue weighted by Crippen LogP contribution is 2.38. The van der Waals surface area contributed by atoms with Crippen molar-refractivity contribution in [1.29, 1.82) is 0 Å². The van der Waals surface area contributed by atoms with Crippen LogP contribution in [-0.4, -0.2) is 171 Å². The van der Waals surface area contributed by atoms with Crippen molar-refractivity contribution >= 4 is 65.6 Å². The third kappa shape index (κ3) is 36.2. The van der Waals surface area contributed by atoms with Crippen molar-refractivity contribution in [3.05, 3.63) is 359 Å². The second kappa shape index (κ2) is 62.1. The van der Waals surface area contributed by atoms with Gasteiger partial charge in [-0.3, -0.25) is 4.79 Å². The number of unbranched alkanes of at least 4 members (excludes halogenated alkanes) is 26. The van der Waals surface area contributed by atoms with Gasteiger partial charge in [0.25, 0.3) is 5.91 Å². The highest BCUT2D eigenvalue weighted by molar-refractivity contribution is 5.95. The highest BCUT2D eigenvalue weighted by atomic mass is 16.8. The van der Waals surface area contributed by atoms with Crippen LogP contribution in [0.5, 0.6) is 0 Å². The van der Waals surface area contributed by atoms with E-state index < -0.39 is 171 Å². The van der Waals surface area contributed by atoms with Crippen molar-refractivity contribution < 1.29 is 119 Å². The lowest BCUT2D eigenvalue weighted by Gasteiger charge is -2.46. The van der Waals surface area contributed by atoms with Crippen LogP contribution in [0.2, 0.25) is 0 Å². The minimum atomic E-state index is -2.19. The number of hydrogen-bond donors (Lipinski definition) is 1. The molecule has 10 aromatic carbocycles. The fraction of sp³-hybridized carbons (Fsp3) is 0.408. The molecule has 2 aliphatic rings. The monoisotopic (exact) mass is 1990 g/mol. The molecule has 10 aromatic rings. The van der Waals surface area contributed by atoms with Gasteiger partial charge in [-0.05, 0) is 147 Å². The van der Waals surface area contributed by atoms with Crippen LogP contribution in [0.15, 0.2) is 303 Å². The summed E-state index contributed by atoms with van der Waals surface area (Å²) in [5, 5.41) is 3.10. The summed E-state index contributed by atoms with van der Waals surface area (Å²) in [5.41, 5.74) is 0.0923. The summed E-state index contributed by atoms with van der Waals surface area (Å²) in [4.78, 5) is 168. The fourth-order valence-electron chi connectivity index (χ4n) is 17.7. The molecule has 2 heterocycles. The Morgan fingerprint density at radius 2 is 0.486 bits per heavy atom. The van der Waals surface area contributed by atoms with Crippen LogP contribution >= 0.6 is 0 Å². The average molecular weight is 1990 g/mol. The first-order valence-corrected chi connectivity index (χ1v) is 51.9. The molecular formula is C120H137NO25. The van der Waals surface area contributed by atoms with E-state index >= 15 is 38.4 Å². The molecular weight excluding hydrogens is 1860 g/mol. The fourth-order valence-corrected chi connectivity index (χ4v) is 17.7. The van der Waals surface area contributed by atoms with Gasteiger partial charge in [0.05, 0.1) is 74.9 Å². The van der Waals surface area contributed by atoms with Gasteiger partial charge in [-0.1, -0.05) is 363 Å². The SMILES string of the molecule is CCCCCCCCCCCCCCCCCCCC[C@@H](OC(=O)c1ccccc1)C(=O)N[C@@H](CO[C@@H]1O[C@H](CO[C@H]2O[C@H](COC(=O)c3ccccc3)[C@H](OC(=O)c3ccccc3)[C@H](OC(=O)c3ccccc3)[C@H]2OC(=O)c2ccccc2)[C@@H](OC(=O)c2ccccc2)[C@H](OC(=O)c2ccccc2)[C@H]1OC(=O)c1ccccc1)[C@H](OC(=O)c1ccccc1)[C@@H](CCCCCCCCCCCC)OC(=O)c1ccccc1. The third-order valence-corrected chi connectivity index (χ3v) is 25.8. The van der Waals surface area contributed by atoms with Crippen molar-refractivity contribution in [3.63, 3.8) is 0 Å². The molecule has 1 amide bonds. The minimum Gasteiger partial charge on any atom is -0.459 e. The summed E-state index contributed by atoms with van der Waals surface area (Å²) >= 11 is 0. The number of esters is 10. The predicted octanol–water partition coefficient (Wildman–Crippen LogP) is 23.6. The Morgan fingerprint density at radius 3 is 0.795 bits per heavy atom. The Kier molecular flexibility index (Phi) is 47.2. The van der Waals surface area contributed by atoms with Crippen molar-refractivity contribution in [2.24, 2.45) is 0 Å². The van der Waals surface area contributed by atoms with Crippen molar-refractivity contribution in [1.82, 2.24) is 5.32 Å². The van der Waals surface area contributed by atoms with Gasteiger partial charge in [0.1, 0.15) is 24.9 Å². The summed E-state index contributed by atoms with van der Waals surface area (Å²) < 4.78 is 93.7. The molecule has 26 nitrogen and oxygen atoms in total. The maximum Gasteiger partial charge on any atom is 0.338 e. The van der Waals surface area contributed by atoms with Gasteiger partial charge in [-0.2, -0.15) is 0 Å². The summed E-state index contributed by atoms with van der Waals surface area (Å²) in [5.74, 6) is -10.8. The molecule has 0 radical (unpaired) electrons. The predicted molar refractivity (Wildman–Crippen MR) is 549 cm³/mol. The first kappa shape index (κ1) is 111. The standard InChI is InChI=1S/C120H137NO25/c1-3-5-7-9-11-13-15-16-17-18-19-20-21-22-24-26-28-60-82-98(137-111(125)88-65-43-31-44-66-88)108(122)121-96(101(140-112(126)89-67-45-32-46-68-89)97(136-110(124)87-63-41-30-42-64-87)81-59-27-25-23-14-12-10-8-6-4-2)83-134-119-106(145-117(131)94-77-55-37-56-78-94)105(144-116(130)93-75-53-36-54-76-93)103(142-114(128)91-71-49-34-50-72-91)100(139-119)85-135-120-107(146-118(132)95-79-57-38-58-80-95)104(143-115(129)92-73-51-35-52-74-92)102(141-113(127)90-69-47-33-48-70-90)99(138-120)84-133-109(123)86-61-39-29-40-62-86/h29-58,61-80,96-107,119-120H,3-28,59-60,81-85H2,1-2H3,(H,121,122)/t96-,97+,98+,99+,100+,101-,102-,103+,104-,105-,106+,107+,119+,120-/m0/s1. The van der Waals surface area contributed by atoms with Gasteiger partial charge >= 0.3 is 59.7 Å². The summed E-state index contributed by atoms with van der Waals surface area (Å²) in [6.07, 6.45) is 3.86. The van der Waals surface area contributed by atoms with Crippen LogP contribution in [0, 0.1) is 0 Å². The van der Waals surface area contributed by atoms with E-state index in [0.717, 1.165) is 83.5 Å². The normalized spacial score (nSPS) is 18.2. The van der Waals surface area contributed by atoms with E-state index in [1.54, 1.807) is 206 Å². The molecule has 0 unspecified atom stereocenters. The van der Waals surface area contributed by atoms with Crippen LogP contribution in [0.1, 0.15) is 310 Å². The first-order chi connectivity index (χ1) is 71.5. The maximum absolute atomic E-state index is 16.4. The number of amides is 1. The Balaban J connectivity index is 0.982. The lowest BCUT2D eigenvalue weighted by Crippen LogP contribution is -2.65. The zero-order valence-corrected chi connectivity index (χ0v) is 83.5. The number of carbonyl (C=O) groups excluding carboxylic acids is 11. The Bertz CT molecular complexity index is 5560. The number of ether oxygens (including phenoxy) is 14. The van der Waals surface area contributed by atoms with Crippen LogP contribution in [0.4, 0.5) is 0 Å². The van der Waals surface area contributed by atoms with Crippen LogP contribution in [0.3, 0.4) is 0 Å². The van der Waals surface area contributed by atoms with Crippen molar-refractivity contribution in [3.8, 4) is 0 Å². The number of rotatable bonds is 61. The van der Waals surface area contributed by atoms with Crippen LogP contribution in [0.25, 0.3) is 0 Å². The summed E-state index contributed by atoms with van der Waals surface area (Å²) in [6.45, 7) is 1.68. The zero-order chi connectivity index (χ0) is 103. The van der Waals surface area contributed by atoms with Gasteiger partial charge in [-0.25, -0.2) is 47.9 Å². The maximum atomic E-state index is 16.4. The molecule has 2 fully saturated rings. The molecule has 0 aromatic heterocycles. The molecule has 0 bridgehead atoms. The summed E-state index contributed by atoms with van der Waals surface area (Å²) in [7, 11) is 0. The van der Waals surface area contributed by atoms with Crippen LogP contribution < -0.4 is 5.32 Å². The Morgan fingerprint density at radius 1 is 0.247 bits per heavy atom. The third-order valence-electron chi connectivity index (χ3n) is 25.8. The van der Waals surface area contributed by atoms with Gasteiger partial charge in [-0.15, -0.1) is 0 Å². The van der Waals surface area contributed by atoms with E-state index in [-0.39, 0.29) is 68.5 Å². The number of hydrogen-bond acceptors (Lipinski definition) is 25. The van der Waals surface area contributed by atoms with E-state index in [2.05, 4.69) is 19.2 Å². The van der Waals surface area contributed by atoms with Gasteiger partial charge in [0, 0.05) is 0 Å². The van der Waals surface area contributed by atoms with Crippen molar-refractivity contribution in [2.75, 3.05) is 19.8 Å². The molecule has 0 aliphatic carbocycles. The minimum absolute atomic E-state index is 0.00195. The lowest BCUT2D eigenvalue weighted by atomic mass is 9.96.